The molecule has 1 heterocycles. The highest BCUT2D eigenvalue weighted by atomic mass is 79.9. The topological polar surface area (TPSA) is 22.9 Å². The van der Waals surface area contributed by atoms with Gasteiger partial charge in [0, 0.05) is 10.9 Å². The lowest BCUT2D eigenvalue weighted by Gasteiger charge is -2.32. The number of morpholine rings is 1. The van der Waals surface area contributed by atoms with Crippen molar-refractivity contribution in [3.05, 3.63) is 27.7 Å². The fourth-order valence-electron chi connectivity index (χ4n) is 2.69. The van der Waals surface area contributed by atoms with Crippen LogP contribution >= 0.6 is 27.5 Å². The molecule has 1 saturated heterocycles. The van der Waals surface area contributed by atoms with Crippen molar-refractivity contribution in [1.29, 1.82) is 0 Å². The molecule has 0 bridgehead atoms. The predicted octanol–water partition coefficient (Wildman–Crippen LogP) is 2.56. The molecule has 0 aliphatic carbocycles. The quantitative estimate of drug-likeness (QED) is 0.813. The van der Waals surface area contributed by atoms with E-state index in [1.807, 2.05) is 18.2 Å². The van der Waals surface area contributed by atoms with Crippen molar-refractivity contribution in [2.45, 2.75) is 32.5 Å². The molecule has 20 heavy (non-hydrogen) atoms. The second kappa shape index (κ2) is 7.64. The molecule has 1 fully saturated rings. The van der Waals surface area contributed by atoms with E-state index >= 15 is 0 Å². The minimum Gasteiger partial charge on any atom is -0.492 e. The first-order valence-corrected chi connectivity index (χ1v) is 8.28. The Morgan fingerprint density at radius 3 is 2.70 bits per heavy atom. The molecule has 1 aromatic carbocycles. The normalized spacial score (nSPS) is 26.5. The van der Waals surface area contributed by atoms with Gasteiger partial charge in [-0.15, -0.1) is 0 Å². The molecule has 0 spiro atoms. The highest BCUT2D eigenvalue weighted by molar-refractivity contribution is 9.10. The van der Waals surface area contributed by atoms with E-state index in [1.165, 1.54) is 0 Å². The Morgan fingerprint density at radius 1 is 1.35 bits per heavy atom. The van der Waals surface area contributed by atoms with Crippen LogP contribution in [-0.2, 0) is 4.74 Å². The first kappa shape index (κ1) is 16.1. The first-order valence-electron chi connectivity index (χ1n) is 7.11. The lowest BCUT2D eigenvalue weighted by atomic mass is 10.2. The van der Waals surface area contributed by atoms with Gasteiger partial charge in [-0.2, -0.15) is 0 Å². The molecule has 0 radical (unpaired) electrons. The van der Waals surface area contributed by atoms with Crippen LogP contribution in [-0.4, -0.2) is 38.4 Å². The second-order valence-corrected chi connectivity index (χ2v) is 6.77. The van der Waals surface area contributed by atoms with Crippen LogP contribution in [0.2, 0.25) is 5.02 Å². The monoisotopic (exact) mass is 362 g/mol. The summed E-state index contributed by atoms with van der Waals surface area (Å²) in [7, 11) is 0. The van der Waals surface area contributed by atoms with Gasteiger partial charge in [-0.3, -0.25) is 0 Å². The lowest BCUT2D eigenvalue weighted by molar-refractivity contribution is -0.915. The number of halogens is 2. The summed E-state index contributed by atoms with van der Waals surface area (Å²) in [6.07, 6.45) is 1.74. The highest BCUT2D eigenvalue weighted by Crippen LogP contribution is 2.27. The maximum Gasteiger partial charge on any atom is 0.137 e. The Morgan fingerprint density at radius 2 is 2.05 bits per heavy atom. The highest BCUT2D eigenvalue weighted by Gasteiger charge is 2.24. The number of hydrogen-bond acceptors (Lipinski definition) is 2. The van der Waals surface area contributed by atoms with Crippen LogP contribution in [0.25, 0.3) is 0 Å². The van der Waals surface area contributed by atoms with Crippen LogP contribution in [0.15, 0.2) is 22.7 Å². The lowest BCUT2D eigenvalue weighted by Crippen LogP contribution is -3.15. The molecule has 1 N–H and O–H groups in total. The van der Waals surface area contributed by atoms with E-state index in [2.05, 4.69) is 29.8 Å². The van der Waals surface area contributed by atoms with E-state index in [-0.39, 0.29) is 0 Å². The molecule has 0 amide bonds. The van der Waals surface area contributed by atoms with E-state index in [1.54, 1.807) is 4.90 Å². The molecule has 0 aromatic heterocycles. The molecule has 1 aliphatic rings. The average molecular weight is 364 g/mol. The Balaban J connectivity index is 1.71. The third kappa shape index (κ3) is 4.92. The van der Waals surface area contributed by atoms with E-state index in [0.29, 0.717) is 23.8 Å². The summed E-state index contributed by atoms with van der Waals surface area (Å²) in [6, 6.07) is 5.70. The Hall–Kier alpha value is -0.290. The summed E-state index contributed by atoms with van der Waals surface area (Å²) >= 11 is 9.50. The molecule has 3 atom stereocenters. The fraction of sp³-hybridized carbons (Fsp3) is 0.600. The standard InChI is InChI=1S/C15H21BrClNO2/c1-11-9-18(10-12(2)20-11)6-3-7-19-15-5-4-13(16)8-14(15)17/h4-5,8,11-12H,3,6-7,9-10H2,1-2H3/p+1/t11-,12+. The van der Waals surface area contributed by atoms with Crippen LogP contribution < -0.4 is 9.64 Å². The number of benzene rings is 1. The van der Waals surface area contributed by atoms with Gasteiger partial charge in [-0.1, -0.05) is 27.5 Å². The minimum absolute atomic E-state index is 0.357. The zero-order valence-electron chi connectivity index (χ0n) is 12.0. The minimum atomic E-state index is 0.357. The number of hydrogen-bond donors (Lipinski definition) is 1. The summed E-state index contributed by atoms with van der Waals surface area (Å²) in [4.78, 5) is 1.60. The van der Waals surface area contributed by atoms with Gasteiger partial charge < -0.3 is 14.4 Å². The van der Waals surface area contributed by atoms with Crippen LogP contribution in [0.1, 0.15) is 20.3 Å². The Kier molecular flexibility index (Phi) is 6.15. The molecular formula is C15H22BrClNO2+. The van der Waals surface area contributed by atoms with Gasteiger partial charge in [0.15, 0.2) is 0 Å². The summed E-state index contributed by atoms with van der Waals surface area (Å²) in [6.45, 7) is 8.29. The smallest absolute Gasteiger partial charge is 0.137 e. The summed E-state index contributed by atoms with van der Waals surface area (Å²) in [5.74, 6) is 0.758. The van der Waals surface area contributed by atoms with E-state index in [9.17, 15) is 0 Å². The zero-order chi connectivity index (χ0) is 14.5. The molecule has 0 saturated carbocycles. The molecule has 3 nitrogen and oxygen atoms in total. The zero-order valence-corrected chi connectivity index (χ0v) is 14.3. The van der Waals surface area contributed by atoms with Gasteiger partial charge in [0.05, 0.1) is 18.2 Å². The summed E-state index contributed by atoms with van der Waals surface area (Å²) < 4.78 is 12.5. The Bertz CT molecular complexity index is 434. The van der Waals surface area contributed by atoms with Crippen molar-refractivity contribution < 1.29 is 14.4 Å². The average Bonchev–Trinajstić information content (AvgIpc) is 2.35. The largest absolute Gasteiger partial charge is 0.492 e. The van der Waals surface area contributed by atoms with Crippen molar-refractivity contribution in [3.63, 3.8) is 0 Å². The van der Waals surface area contributed by atoms with Crippen molar-refractivity contribution in [3.8, 4) is 5.75 Å². The van der Waals surface area contributed by atoms with E-state index in [4.69, 9.17) is 21.1 Å². The molecule has 5 heteroatoms. The predicted molar refractivity (Wildman–Crippen MR) is 84.8 cm³/mol. The van der Waals surface area contributed by atoms with Gasteiger partial charge in [0.1, 0.15) is 31.0 Å². The van der Waals surface area contributed by atoms with Gasteiger partial charge in [0.2, 0.25) is 0 Å². The maximum atomic E-state index is 6.12. The SMILES string of the molecule is C[C@@H]1C[NH+](CCCOc2ccc(Br)cc2Cl)C[C@H](C)O1. The third-order valence-corrected chi connectivity index (χ3v) is 4.23. The van der Waals surface area contributed by atoms with Crippen LogP contribution in [0.5, 0.6) is 5.75 Å². The first-order chi connectivity index (χ1) is 9.54. The Labute approximate surface area is 134 Å². The number of rotatable bonds is 5. The number of ether oxygens (including phenoxy) is 2. The van der Waals surface area contributed by atoms with Crippen molar-refractivity contribution >= 4 is 27.5 Å². The van der Waals surface area contributed by atoms with E-state index in [0.717, 1.165) is 36.3 Å². The van der Waals surface area contributed by atoms with E-state index < -0.39 is 0 Å². The van der Waals surface area contributed by atoms with Gasteiger partial charge in [-0.25, -0.2) is 0 Å². The van der Waals surface area contributed by atoms with Crippen molar-refractivity contribution in [2.75, 3.05) is 26.2 Å². The second-order valence-electron chi connectivity index (χ2n) is 5.44. The van der Waals surface area contributed by atoms with Crippen LogP contribution in [0.3, 0.4) is 0 Å². The molecule has 2 rings (SSSR count). The molecule has 112 valence electrons. The van der Waals surface area contributed by atoms with Gasteiger partial charge in [0.25, 0.3) is 0 Å². The van der Waals surface area contributed by atoms with Crippen LogP contribution in [0, 0.1) is 0 Å². The van der Waals surface area contributed by atoms with Crippen molar-refractivity contribution in [2.24, 2.45) is 0 Å². The fourth-order valence-corrected chi connectivity index (χ4v) is 3.42. The number of quaternary nitrogens is 1. The molecule has 1 aromatic rings. The number of nitrogens with one attached hydrogen (secondary N) is 1. The van der Waals surface area contributed by atoms with Crippen molar-refractivity contribution in [1.82, 2.24) is 0 Å². The molecular weight excluding hydrogens is 342 g/mol. The maximum absolute atomic E-state index is 6.12. The van der Waals surface area contributed by atoms with Gasteiger partial charge >= 0.3 is 0 Å². The van der Waals surface area contributed by atoms with Gasteiger partial charge in [-0.05, 0) is 32.0 Å². The molecule has 1 aliphatic heterocycles. The third-order valence-electron chi connectivity index (χ3n) is 3.44. The summed E-state index contributed by atoms with van der Waals surface area (Å²) in [5, 5.41) is 0.653. The van der Waals surface area contributed by atoms with Crippen LogP contribution in [0.4, 0.5) is 0 Å². The summed E-state index contributed by atoms with van der Waals surface area (Å²) in [5.41, 5.74) is 0. The molecule has 1 unspecified atom stereocenters.